The number of amides is 2. The lowest BCUT2D eigenvalue weighted by Crippen LogP contribution is -2.62. The lowest BCUT2D eigenvalue weighted by molar-refractivity contribution is -0.144. The molecule has 1 fully saturated rings. The molecule has 1 aromatic carbocycles. The molecule has 1 aromatic rings. The van der Waals surface area contributed by atoms with E-state index in [4.69, 9.17) is 14.6 Å². The van der Waals surface area contributed by atoms with Crippen molar-refractivity contribution >= 4 is 18.0 Å². The molecule has 1 saturated carbocycles. The first-order valence-electron chi connectivity index (χ1n) is 11.6. The van der Waals surface area contributed by atoms with Crippen LogP contribution in [-0.2, 0) is 14.3 Å². The second kappa shape index (κ2) is 11.9. The van der Waals surface area contributed by atoms with Crippen LogP contribution in [0.3, 0.4) is 0 Å². The molecule has 2 rings (SSSR count). The van der Waals surface area contributed by atoms with E-state index in [0.29, 0.717) is 5.56 Å². The smallest absolute Gasteiger partial charge is 0.408 e. The summed E-state index contributed by atoms with van der Waals surface area (Å²) < 4.78 is 10.1. The maximum absolute atomic E-state index is 12.8. The molecule has 36 heavy (non-hydrogen) atoms. The van der Waals surface area contributed by atoms with Crippen molar-refractivity contribution in [3.05, 3.63) is 35.4 Å². The van der Waals surface area contributed by atoms with Crippen LogP contribution in [0.2, 0.25) is 0 Å². The fourth-order valence-electron chi connectivity index (χ4n) is 3.38. The fraction of sp³-hybridized carbons (Fsp3) is 0.519. The summed E-state index contributed by atoms with van der Waals surface area (Å²) in [4.78, 5) is 37.5. The Bertz CT molecular complexity index is 1080. The highest BCUT2D eigenvalue weighted by Crippen LogP contribution is 2.40. The number of alkyl carbamates (subject to hydrolysis) is 1. The molecule has 4 N–H and O–H groups in total. The van der Waals surface area contributed by atoms with Crippen molar-refractivity contribution in [3.8, 4) is 23.7 Å². The normalized spacial score (nSPS) is 18.2. The average molecular weight is 499 g/mol. The van der Waals surface area contributed by atoms with Crippen LogP contribution in [0, 0.1) is 35.5 Å². The molecule has 9 nitrogen and oxygen atoms in total. The van der Waals surface area contributed by atoms with E-state index < -0.39 is 41.3 Å². The van der Waals surface area contributed by atoms with Gasteiger partial charge >= 0.3 is 12.1 Å². The highest BCUT2D eigenvalue weighted by atomic mass is 16.6. The summed E-state index contributed by atoms with van der Waals surface area (Å²) in [6, 6.07) is 5.23. The van der Waals surface area contributed by atoms with Crippen LogP contribution in [-0.4, -0.2) is 65.2 Å². The van der Waals surface area contributed by atoms with Gasteiger partial charge in [0.05, 0.1) is 25.4 Å². The van der Waals surface area contributed by atoms with Gasteiger partial charge in [-0.1, -0.05) is 11.8 Å². The minimum atomic E-state index is -1.22. The molecule has 0 aliphatic heterocycles. The molecule has 0 heterocycles. The first kappa shape index (κ1) is 28.7. The number of rotatable bonds is 7. The zero-order valence-electron chi connectivity index (χ0n) is 21.5. The van der Waals surface area contributed by atoms with E-state index in [1.807, 2.05) is 0 Å². The molecule has 1 aliphatic carbocycles. The predicted octanol–water partition coefficient (Wildman–Crippen LogP) is 1.61. The Morgan fingerprint density at radius 3 is 2.31 bits per heavy atom. The van der Waals surface area contributed by atoms with Crippen LogP contribution in [0.15, 0.2) is 24.3 Å². The molecule has 1 aliphatic rings. The van der Waals surface area contributed by atoms with E-state index >= 15 is 0 Å². The van der Waals surface area contributed by atoms with Crippen molar-refractivity contribution in [2.75, 3.05) is 13.7 Å². The molecule has 0 bridgehead atoms. The Kier molecular flexibility index (Phi) is 9.52. The summed E-state index contributed by atoms with van der Waals surface area (Å²) in [6.07, 6.45) is -0.728. The Labute approximate surface area is 211 Å². The van der Waals surface area contributed by atoms with Gasteiger partial charge in [0.25, 0.3) is 5.91 Å². The topological polar surface area (TPSA) is 134 Å². The summed E-state index contributed by atoms with van der Waals surface area (Å²) >= 11 is 0. The molecule has 1 unspecified atom stereocenters. The van der Waals surface area contributed by atoms with Gasteiger partial charge in [-0.05, 0) is 77.1 Å². The highest BCUT2D eigenvalue weighted by molar-refractivity contribution is 5.97. The Hall–Kier alpha value is -3.53. The third-order valence-electron chi connectivity index (χ3n) is 5.45. The Morgan fingerprint density at radius 2 is 1.75 bits per heavy atom. The molecule has 0 radical (unpaired) electrons. The fourth-order valence-corrected chi connectivity index (χ4v) is 3.38. The van der Waals surface area contributed by atoms with E-state index in [2.05, 4.69) is 34.3 Å². The van der Waals surface area contributed by atoms with Crippen LogP contribution in [0.5, 0.6) is 0 Å². The molecular weight excluding hydrogens is 464 g/mol. The van der Waals surface area contributed by atoms with Gasteiger partial charge in [-0.25, -0.2) is 9.59 Å². The number of carbonyl (C=O) groups is 3. The first-order chi connectivity index (χ1) is 16.8. The number of benzene rings is 1. The summed E-state index contributed by atoms with van der Waals surface area (Å²) in [7, 11) is 1.19. The van der Waals surface area contributed by atoms with Gasteiger partial charge in [-0.15, -0.1) is 0 Å². The molecule has 9 heteroatoms. The second-order valence-corrected chi connectivity index (χ2v) is 10.1. The van der Waals surface area contributed by atoms with Gasteiger partial charge in [-0.3, -0.25) is 4.79 Å². The highest BCUT2D eigenvalue weighted by Gasteiger charge is 2.41. The van der Waals surface area contributed by atoms with Crippen molar-refractivity contribution in [2.45, 2.75) is 64.3 Å². The average Bonchev–Trinajstić information content (AvgIpc) is 3.57. The van der Waals surface area contributed by atoms with Crippen molar-refractivity contribution < 1.29 is 34.1 Å². The first-order valence-corrected chi connectivity index (χ1v) is 11.6. The van der Waals surface area contributed by atoms with Crippen LogP contribution in [0.25, 0.3) is 0 Å². The number of esters is 1. The molecule has 4 atom stereocenters. The van der Waals surface area contributed by atoms with E-state index in [9.17, 15) is 19.5 Å². The van der Waals surface area contributed by atoms with Crippen molar-refractivity contribution in [3.63, 3.8) is 0 Å². The van der Waals surface area contributed by atoms with E-state index in [-0.39, 0.29) is 24.0 Å². The van der Waals surface area contributed by atoms with Gasteiger partial charge < -0.3 is 30.3 Å². The van der Waals surface area contributed by atoms with Gasteiger partial charge in [-0.2, -0.15) is 0 Å². The van der Waals surface area contributed by atoms with Crippen LogP contribution in [0.4, 0.5) is 4.79 Å². The maximum atomic E-state index is 12.8. The molecule has 2 amide bonds. The Morgan fingerprint density at radius 1 is 1.11 bits per heavy atom. The van der Waals surface area contributed by atoms with Crippen molar-refractivity contribution in [1.29, 1.82) is 0 Å². The number of nitrogens with one attached hydrogen (secondary N) is 2. The third-order valence-corrected chi connectivity index (χ3v) is 5.45. The third kappa shape index (κ3) is 8.60. The number of aliphatic hydroxyl groups excluding tert-OH is 2. The molecule has 0 saturated heterocycles. The van der Waals surface area contributed by atoms with Gasteiger partial charge in [0.1, 0.15) is 11.6 Å². The van der Waals surface area contributed by atoms with Gasteiger partial charge in [0, 0.05) is 23.0 Å². The number of ether oxygens (including phenoxy) is 2. The summed E-state index contributed by atoms with van der Waals surface area (Å²) in [5.74, 6) is 10.1. The van der Waals surface area contributed by atoms with E-state index in [0.717, 1.165) is 6.42 Å². The lowest BCUT2D eigenvalue weighted by atomic mass is 9.94. The standard InChI is InChI=1S/C27H34N2O7/c1-26(2,3)36-25(34)29-27(4,5)22(24(33)35-6)28-23(32)18-13-11-17(12-14-18)9-7-8-10-19-15-20(19)21(31)16-30/h11-14,19-22,30-31H,15-16H2,1-6H3,(H,28,32)(H,29,34)/t19-,20-,21?,22-/m1/s1. The lowest BCUT2D eigenvalue weighted by Gasteiger charge is -2.34. The largest absolute Gasteiger partial charge is 0.467 e. The van der Waals surface area contributed by atoms with Gasteiger partial charge in [0.2, 0.25) is 0 Å². The van der Waals surface area contributed by atoms with Crippen molar-refractivity contribution in [2.24, 2.45) is 11.8 Å². The minimum absolute atomic E-state index is 0.000208. The zero-order valence-corrected chi connectivity index (χ0v) is 21.5. The number of hydrogen-bond donors (Lipinski definition) is 4. The predicted molar refractivity (Wildman–Crippen MR) is 133 cm³/mol. The molecule has 0 spiro atoms. The Balaban J connectivity index is 2.04. The number of aliphatic hydroxyl groups is 2. The number of hydrogen-bond acceptors (Lipinski definition) is 7. The summed E-state index contributed by atoms with van der Waals surface area (Å²) in [5.41, 5.74) is -1.03. The van der Waals surface area contributed by atoms with Crippen LogP contribution >= 0.6 is 0 Å². The van der Waals surface area contributed by atoms with E-state index in [1.54, 1.807) is 58.9 Å². The van der Waals surface area contributed by atoms with Crippen LogP contribution < -0.4 is 10.6 Å². The molecule has 0 aromatic heterocycles. The van der Waals surface area contributed by atoms with E-state index in [1.165, 1.54) is 7.11 Å². The zero-order chi connectivity index (χ0) is 27.1. The van der Waals surface area contributed by atoms with Crippen molar-refractivity contribution in [1.82, 2.24) is 10.6 Å². The second-order valence-electron chi connectivity index (χ2n) is 10.1. The monoisotopic (exact) mass is 498 g/mol. The van der Waals surface area contributed by atoms with Gasteiger partial charge in [0.15, 0.2) is 0 Å². The maximum Gasteiger partial charge on any atom is 0.408 e. The molecule has 194 valence electrons. The van der Waals surface area contributed by atoms with Crippen LogP contribution in [0.1, 0.15) is 57.0 Å². The molecular formula is C27H34N2O7. The quantitative estimate of drug-likeness (QED) is 0.331. The summed E-state index contributed by atoms with van der Waals surface area (Å²) in [6.45, 7) is 8.03. The number of methoxy groups -OCH3 is 1. The SMILES string of the molecule is COC(=O)[C@@H](NC(=O)c1ccc(C#CC#C[C@@H]2C[C@H]2C(O)CO)cc1)C(C)(C)NC(=O)OC(C)(C)C. The minimum Gasteiger partial charge on any atom is -0.467 e. The number of carbonyl (C=O) groups excluding carboxylic acids is 3. The summed E-state index contributed by atoms with van der Waals surface area (Å²) in [5, 5.41) is 23.7.